The summed E-state index contributed by atoms with van der Waals surface area (Å²) in [6.45, 7) is 0.0353. The summed E-state index contributed by atoms with van der Waals surface area (Å²) in [6.07, 6.45) is 1.74. The number of fused-ring (bicyclic) bond motifs is 1. The van der Waals surface area contributed by atoms with Gasteiger partial charge in [-0.15, -0.1) is 11.3 Å². The van der Waals surface area contributed by atoms with E-state index in [0.717, 1.165) is 21.6 Å². The van der Waals surface area contributed by atoms with E-state index in [0.29, 0.717) is 16.5 Å². The summed E-state index contributed by atoms with van der Waals surface area (Å²) in [5, 5.41) is 10.0. The lowest BCUT2D eigenvalue weighted by atomic mass is 10.1. The minimum Gasteiger partial charge on any atom is -0.482 e. The van der Waals surface area contributed by atoms with Crippen LogP contribution in [0, 0.1) is 0 Å². The molecule has 0 bridgehead atoms. The average Bonchev–Trinajstić information content (AvgIpc) is 3.08. The van der Waals surface area contributed by atoms with Gasteiger partial charge in [0.15, 0.2) is 6.61 Å². The van der Waals surface area contributed by atoms with Gasteiger partial charge in [0, 0.05) is 23.0 Å². The normalized spacial score (nSPS) is 14.1. The Hall–Kier alpha value is -2.90. The van der Waals surface area contributed by atoms with Gasteiger partial charge in [-0.3, -0.25) is 9.79 Å². The molecule has 0 saturated carbocycles. The van der Waals surface area contributed by atoms with Crippen LogP contribution in [0.1, 0.15) is 5.56 Å². The molecule has 136 valence electrons. The molecular formula is C19H15ClN4O2S. The summed E-state index contributed by atoms with van der Waals surface area (Å²) in [6, 6.07) is 13.1. The quantitative estimate of drug-likeness (QED) is 0.685. The number of thiazole rings is 1. The van der Waals surface area contributed by atoms with Crippen molar-refractivity contribution in [2.75, 3.05) is 19.0 Å². The fraction of sp³-hybridized carbons (Fsp3) is 0.105. The van der Waals surface area contributed by atoms with Crippen LogP contribution in [0.15, 0.2) is 57.9 Å². The molecule has 0 spiro atoms. The summed E-state index contributed by atoms with van der Waals surface area (Å²) in [4.78, 5) is 16.6. The average molecular weight is 399 g/mol. The van der Waals surface area contributed by atoms with Gasteiger partial charge in [-0.05, 0) is 35.9 Å². The highest BCUT2D eigenvalue weighted by atomic mass is 35.5. The van der Waals surface area contributed by atoms with Crippen LogP contribution in [-0.2, 0) is 4.79 Å². The number of benzene rings is 2. The van der Waals surface area contributed by atoms with Crippen LogP contribution in [0.4, 0.5) is 5.69 Å². The lowest BCUT2D eigenvalue weighted by Crippen LogP contribution is -2.25. The molecule has 1 N–H and O–H groups in total. The van der Waals surface area contributed by atoms with Crippen molar-refractivity contribution in [3.8, 4) is 17.0 Å². The van der Waals surface area contributed by atoms with Crippen LogP contribution < -0.4 is 14.9 Å². The van der Waals surface area contributed by atoms with Gasteiger partial charge in [0.2, 0.25) is 4.80 Å². The molecule has 2 heterocycles. The molecule has 0 radical (unpaired) electrons. The van der Waals surface area contributed by atoms with Crippen molar-refractivity contribution in [2.45, 2.75) is 0 Å². The third-order valence-electron chi connectivity index (χ3n) is 3.96. The molecule has 4 rings (SSSR count). The van der Waals surface area contributed by atoms with Gasteiger partial charge >= 0.3 is 0 Å². The molecule has 3 aromatic rings. The van der Waals surface area contributed by atoms with Gasteiger partial charge in [0.1, 0.15) is 5.75 Å². The van der Waals surface area contributed by atoms with E-state index in [1.807, 2.05) is 47.8 Å². The first-order valence-electron chi connectivity index (χ1n) is 8.14. The number of halogens is 1. The molecule has 0 saturated heterocycles. The van der Waals surface area contributed by atoms with E-state index in [1.54, 1.807) is 17.9 Å². The molecule has 0 atom stereocenters. The highest BCUT2D eigenvalue weighted by Crippen LogP contribution is 2.32. The zero-order valence-corrected chi connectivity index (χ0v) is 15.9. The molecule has 8 heteroatoms. The molecule has 1 amide bonds. The molecular weight excluding hydrogens is 384 g/mol. The Morgan fingerprint density at radius 2 is 2.19 bits per heavy atom. The number of anilines is 1. The number of nitrogens with one attached hydrogen (secondary N) is 1. The van der Waals surface area contributed by atoms with Crippen LogP contribution in [0.3, 0.4) is 0 Å². The van der Waals surface area contributed by atoms with Crippen LogP contribution in [0.5, 0.6) is 5.75 Å². The van der Waals surface area contributed by atoms with Crippen molar-refractivity contribution in [3.63, 3.8) is 0 Å². The van der Waals surface area contributed by atoms with E-state index >= 15 is 0 Å². The Kier molecular flexibility index (Phi) is 4.79. The van der Waals surface area contributed by atoms with Crippen molar-refractivity contribution in [1.29, 1.82) is 0 Å². The lowest BCUT2D eigenvalue weighted by Gasteiger charge is -2.18. The largest absolute Gasteiger partial charge is 0.482 e. The number of carbonyl (C=O) groups is 1. The Labute approximate surface area is 164 Å². The number of hydrogen-bond acceptors (Lipinski definition) is 5. The first kappa shape index (κ1) is 17.5. The smallest absolute Gasteiger partial charge is 0.262 e. The molecule has 0 unspecified atom stereocenters. The van der Waals surface area contributed by atoms with E-state index in [1.165, 1.54) is 11.3 Å². The molecule has 1 aliphatic heterocycles. The number of rotatable bonds is 3. The van der Waals surface area contributed by atoms with Crippen molar-refractivity contribution in [2.24, 2.45) is 10.1 Å². The van der Waals surface area contributed by atoms with Crippen LogP contribution in [0.25, 0.3) is 11.3 Å². The van der Waals surface area contributed by atoms with Crippen LogP contribution >= 0.6 is 22.9 Å². The number of carbonyl (C=O) groups excluding carboxylic acids is 1. The van der Waals surface area contributed by atoms with Gasteiger partial charge in [0.05, 0.1) is 17.6 Å². The number of amides is 1. The van der Waals surface area contributed by atoms with Crippen molar-refractivity contribution < 1.29 is 9.53 Å². The minimum atomic E-state index is -0.166. The second-order valence-corrected chi connectivity index (χ2v) is 7.06. The number of hydrogen-bond donors (Lipinski definition) is 1. The number of ether oxygens (including phenoxy) is 1. The maximum Gasteiger partial charge on any atom is 0.262 e. The van der Waals surface area contributed by atoms with Gasteiger partial charge < -0.3 is 10.1 Å². The van der Waals surface area contributed by atoms with Gasteiger partial charge in [-0.25, -0.2) is 4.68 Å². The summed E-state index contributed by atoms with van der Waals surface area (Å²) < 4.78 is 7.19. The number of nitrogens with zero attached hydrogens (tertiary/aromatic N) is 3. The second-order valence-electron chi connectivity index (χ2n) is 5.79. The molecule has 0 fully saturated rings. The van der Waals surface area contributed by atoms with E-state index in [-0.39, 0.29) is 12.5 Å². The van der Waals surface area contributed by atoms with E-state index < -0.39 is 0 Å². The Morgan fingerprint density at radius 1 is 1.30 bits per heavy atom. The molecule has 27 heavy (non-hydrogen) atoms. The highest BCUT2D eigenvalue weighted by molar-refractivity contribution is 7.07. The third-order valence-corrected chi connectivity index (χ3v) is 5.10. The first-order valence-corrected chi connectivity index (χ1v) is 9.40. The van der Waals surface area contributed by atoms with Crippen molar-refractivity contribution in [1.82, 2.24) is 4.68 Å². The monoisotopic (exact) mass is 398 g/mol. The standard InChI is InChI=1S/C19H15ClN4O2S/c1-21-19-24(22-9-12-3-2-4-14(20)7-12)16(11-27-19)13-5-6-17-15(8-13)23-18(25)10-26-17/h2-9,11H,10H2,1H3,(H,23,25). The topological polar surface area (TPSA) is 68.0 Å². The Balaban J connectivity index is 1.76. The molecule has 2 aromatic carbocycles. The molecule has 6 nitrogen and oxygen atoms in total. The zero-order valence-electron chi connectivity index (χ0n) is 14.3. The SMILES string of the molecule is CN=c1scc(-c2ccc3c(c2)NC(=O)CO3)n1N=Cc1cccc(Cl)c1. The number of aromatic nitrogens is 1. The van der Waals surface area contributed by atoms with E-state index in [4.69, 9.17) is 16.3 Å². The molecule has 1 aromatic heterocycles. The predicted octanol–water partition coefficient (Wildman–Crippen LogP) is 3.61. The first-order chi connectivity index (χ1) is 13.1. The summed E-state index contributed by atoms with van der Waals surface area (Å²) in [7, 11) is 1.72. The molecule has 0 aliphatic carbocycles. The predicted molar refractivity (Wildman–Crippen MR) is 108 cm³/mol. The summed E-state index contributed by atoms with van der Waals surface area (Å²) in [5.41, 5.74) is 3.30. The van der Waals surface area contributed by atoms with Crippen LogP contribution in [0.2, 0.25) is 5.02 Å². The highest BCUT2D eigenvalue weighted by Gasteiger charge is 2.17. The van der Waals surface area contributed by atoms with Gasteiger partial charge in [-0.2, -0.15) is 5.10 Å². The van der Waals surface area contributed by atoms with Gasteiger partial charge in [0.25, 0.3) is 5.91 Å². The minimum absolute atomic E-state index is 0.0353. The Morgan fingerprint density at radius 3 is 3.00 bits per heavy atom. The van der Waals surface area contributed by atoms with Crippen LogP contribution in [-0.4, -0.2) is 30.5 Å². The Bertz CT molecular complexity index is 1120. The fourth-order valence-corrected chi connectivity index (χ4v) is 3.72. The summed E-state index contributed by atoms with van der Waals surface area (Å²) in [5.74, 6) is 0.490. The third kappa shape index (κ3) is 3.65. The van der Waals surface area contributed by atoms with E-state index in [2.05, 4.69) is 15.4 Å². The van der Waals surface area contributed by atoms with Crippen molar-refractivity contribution >= 4 is 40.7 Å². The fourth-order valence-electron chi connectivity index (χ4n) is 2.71. The zero-order chi connectivity index (χ0) is 18.8. The lowest BCUT2D eigenvalue weighted by molar-refractivity contribution is -0.118. The van der Waals surface area contributed by atoms with Crippen molar-refractivity contribution in [3.05, 3.63) is 63.2 Å². The summed E-state index contributed by atoms with van der Waals surface area (Å²) >= 11 is 7.52. The maximum atomic E-state index is 11.6. The second kappa shape index (κ2) is 7.38. The molecule has 1 aliphatic rings. The van der Waals surface area contributed by atoms with E-state index in [9.17, 15) is 4.79 Å². The van der Waals surface area contributed by atoms with Gasteiger partial charge in [-0.1, -0.05) is 23.7 Å². The maximum absolute atomic E-state index is 11.6.